The van der Waals surface area contributed by atoms with Crippen LogP contribution in [0.5, 0.6) is 0 Å². The van der Waals surface area contributed by atoms with Gasteiger partial charge < -0.3 is 5.32 Å². The molecule has 0 spiro atoms. The number of hydrogen-bond acceptors (Lipinski definition) is 1. The monoisotopic (exact) mass is 307 g/mol. The van der Waals surface area contributed by atoms with Crippen LogP contribution in [0.4, 0.5) is 18.9 Å². The quantitative estimate of drug-likeness (QED) is 0.888. The van der Waals surface area contributed by atoms with Crippen LogP contribution in [0.3, 0.4) is 0 Å². The second-order valence-electron chi connectivity index (χ2n) is 5.19. The Balaban J connectivity index is 2.06. The van der Waals surface area contributed by atoms with Gasteiger partial charge in [-0.2, -0.15) is 13.2 Å². The van der Waals surface area contributed by atoms with Gasteiger partial charge in [0.25, 0.3) is 0 Å². The molecule has 116 valence electrons. The predicted molar refractivity (Wildman–Crippen MR) is 79.7 cm³/mol. The molecule has 0 bridgehead atoms. The minimum atomic E-state index is -4.36. The van der Waals surface area contributed by atoms with Crippen LogP contribution in [0.1, 0.15) is 22.3 Å². The van der Waals surface area contributed by atoms with E-state index in [4.69, 9.17) is 0 Å². The topological polar surface area (TPSA) is 29.1 Å². The molecule has 1 N–H and O–H groups in total. The molecule has 5 heteroatoms. The molecule has 1 amide bonds. The second-order valence-corrected chi connectivity index (χ2v) is 5.19. The van der Waals surface area contributed by atoms with Gasteiger partial charge in [-0.25, -0.2) is 0 Å². The van der Waals surface area contributed by atoms with E-state index in [1.54, 1.807) is 0 Å². The number of hydrogen-bond donors (Lipinski definition) is 1. The lowest BCUT2D eigenvalue weighted by atomic mass is 10.1. The van der Waals surface area contributed by atoms with E-state index in [1.807, 2.05) is 32.0 Å². The van der Waals surface area contributed by atoms with Crippen LogP contribution in [0, 0.1) is 13.8 Å². The van der Waals surface area contributed by atoms with Gasteiger partial charge in [-0.1, -0.05) is 30.3 Å². The van der Waals surface area contributed by atoms with Gasteiger partial charge in [0.05, 0.1) is 12.0 Å². The number of aryl methyl sites for hydroxylation is 2. The average molecular weight is 307 g/mol. The van der Waals surface area contributed by atoms with E-state index in [0.717, 1.165) is 28.9 Å². The number of amides is 1. The highest BCUT2D eigenvalue weighted by atomic mass is 19.4. The molecule has 0 aliphatic rings. The Morgan fingerprint density at radius 3 is 2.05 bits per heavy atom. The summed E-state index contributed by atoms with van der Waals surface area (Å²) in [7, 11) is 0. The lowest BCUT2D eigenvalue weighted by Crippen LogP contribution is -2.16. The number of carbonyl (C=O) groups excluding carboxylic acids is 1. The van der Waals surface area contributed by atoms with Crippen LogP contribution in [-0.2, 0) is 17.4 Å². The summed E-state index contributed by atoms with van der Waals surface area (Å²) < 4.78 is 37.4. The number of rotatable bonds is 3. The number of nitrogens with one attached hydrogen (secondary N) is 1. The minimum absolute atomic E-state index is 0.0336. The smallest absolute Gasteiger partial charge is 0.325 e. The predicted octanol–water partition coefficient (Wildman–Crippen LogP) is 4.50. The van der Waals surface area contributed by atoms with Crippen molar-refractivity contribution in [2.45, 2.75) is 26.4 Å². The Morgan fingerprint density at radius 2 is 1.55 bits per heavy atom. The SMILES string of the molecule is Cc1cccc(C)c1NC(=O)Cc1ccc(C(F)(F)F)cc1. The first-order valence-corrected chi connectivity index (χ1v) is 6.79. The maximum atomic E-state index is 12.5. The normalized spacial score (nSPS) is 11.3. The van der Waals surface area contributed by atoms with Crippen molar-refractivity contribution in [3.63, 3.8) is 0 Å². The average Bonchev–Trinajstić information content (AvgIpc) is 2.43. The van der Waals surface area contributed by atoms with Gasteiger partial charge in [-0.3, -0.25) is 4.79 Å². The molecule has 0 aromatic heterocycles. The molecule has 22 heavy (non-hydrogen) atoms. The fraction of sp³-hybridized carbons (Fsp3) is 0.235. The van der Waals surface area contributed by atoms with Crippen molar-refractivity contribution in [3.05, 3.63) is 64.7 Å². The molecule has 0 heterocycles. The molecule has 2 nitrogen and oxygen atoms in total. The van der Waals surface area contributed by atoms with Gasteiger partial charge in [0.1, 0.15) is 0 Å². The van der Waals surface area contributed by atoms with Crippen molar-refractivity contribution >= 4 is 11.6 Å². The first-order valence-electron chi connectivity index (χ1n) is 6.79. The molecule has 0 saturated carbocycles. The number of carbonyl (C=O) groups is 1. The minimum Gasteiger partial charge on any atom is -0.325 e. The van der Waals surface area contributed by atoms with E-state index in [9.17, 15) is 18.0 Å². The molecule has 2 rings (SSSR count). The highest BCUT2D eigenvalue weighted by Crippen LogP contribution is 2.29. The van der Waals surface area contributed by atoms with Crippen molar-refractivity contribution in [1.29, 1.82) is 0 Å². The van der Waals surface area contributed by atoms with Crippen LogP contribution < -0.4 is 5.32 Å². The Hall–Kier alpha value is -2.30. The summed E-state index contributed by atoms with van der Waals surface area (Å²) in [4.78, 5) is 12.0. The van der Waals surface area contributed by atoms with Crippen molar-refractivity contribution in [1.82, 2.24) is 0 Å². The third kappa shape index (κ3) is 3.87. The maximum absolute atomic E-state index is 12.5. The third-order valence-electron chi connectivity index (χ3n) is 3.39. The third-order valence-corrected chi connectivity index (χ3v) is 3.39. The van der Waals surface area contributed by atoms with Crippen molar-refractivity contribution in [2.75, 3.05) is 5.32 Å². The zero-order valence-electron chi connectivity index (χ0n) is 12.3. The molecule has 2 aromatic rings. The molecule has 0 aliphatic heterocycles. The molecular formula is C17H16F3NO. The standard InChI is InChI=1S/C17H16F3NO/c1-11-4-3-5-12(2)16(11)21-15(22)10-13-6-8-14(9-7-13)17(18,19)20/h3-9H,10H2,1-2H3,(H,21,22). The van der Waals surface area contributed by atoms with Gasteiger partial charge in [0, 0.05) is 5.69 Å². The zero-order valence-corrected chi connectivity index (χ0v) is 12.3. The first-order chi connectivity index (χ1) is 10.3. The summed E-state index contributed by atoms with van der Waals surface area (Å²) in [6.45, 7) is 3.78. The van der Waals surface area contributed by atoms with Gasteiger partial charge in [0.15, 0.2) is 0 Å². The molecule has 0 unspecified atom stereocenters. The summed E-state index contributed by atoms with van der Waals surface area (Å²) in [6, 6.07) is 10.3. The Kier molecular flexibility index (Phi) is 4.54. The summed E-state index contributed by atoms with van der Waals surface area (Å²) in [5, 5.41) is 2.81. The van der Waals surface area contributed by atoms with E-state index < -0.39 is 11.7 Å². The number of benzene rings is 2. The fourth-order valence-corrected chi connectivity index (χ4v) is 2.19. The first kappa shape index (κ1) is 16.1. The number of alkyl halides is 3. The summed E-state index contributed by atoms with van der Waals surface area (Å²) in [5.74, 6) is -0.253. The van der Waals surface area contributed by atoms with Crippen LogP contribution in [-0.4, -0.2) is 5.91 Å². The second kappa shape index (κ2) is 6.22. The van der Waals surface area contributed by atoms with Crippen LogP contribution >= 0.6 is 0 Å². The Morgan fingerprint density at radius 1 is 1.00 bits per heavy atom. The molecule has 0 radical (unpaired) electrons. The lowest BCUT2D eigenvalue weighted by Gasteiger charge is -2.12. The molecular weight excluding hydrogens is 291 g/mol. The Labute approximate surface area is 127 Å². The van der Waals surface area contributed by atoms with Crippen LogP contribution in [0.25, 0.3) is 0 Å². The van der Waals surface area contributed by atoms with Crippen molar-refractivity contribution < 1.29 is 18.0 Å². The number of halogens is 3. The van der Waals surface area contributed by atoms with Gasteiger partial charge in [-0.05, 0) is 42.7 Å². The maximum Gasteiger partial charge on any atom is 0.416 e. The molecule has 0 fully saturated rings. The van der Waals surface area contributed by atoms with E-state index in [0.29, 0.717) is 5.56 Å². The van der Waals surface area contributed by atoms with Gasteiger partial charge in [-0.15, -0.1) is 0 Å². The number of para-hydroxylation sites is 1. The highest BCUT2D eigenvalue weighted by molar-refractivity contribution is 5.93. The van der Waals surface area contributed by atoms with Gasteiger partial charge in [0.2, 0.25) is 5.91 Å². The summed E-state index contributed by atoms with van der Waals surface area (Å²) in [5.41, 5.74) is 2.46. The Bertz CT molecular complexity index is 655. The van der Waals surface area contributed by atoms with Crippen molar-refractivity contribution in [3.8, 4) is 0 Å². The van der Waals surface area contributed by atoms with Crippen LogP contribution in [0.2, 0.25) is 0 Å². The summed E-state index contributed by atoms with van der Waals surface area (Å²) in [6.07, 6.45) is -4.33. The van der Waals surface area contributed by atoms with Gasteiger partial charge >= 0.3 is 6.18 Å². The number of anilines is 1. The van der Waals surface area contributed by atoms with E-state index in [1.165, 1.54) is 12.1 Å². The van der Waals surface area contributed by atoms with E-state index >= 15 is 0 Å². The highest BCUT2D eigenvalue weighted by Gasteiger charge is 2.29. The van der Waals surface area contributed by atoms with Crippen LogP contribution in [0.15, 0.2) is 42.5 Å². The van der Waals surface area contributed by atoms with Crippen molar-refractivity contribution in [2.24, 2.45) is 0 Å². The molecule has 0 aliphatic carbocycles. The molecule has 2 aromatic carbocycles. The molecule has 0 saturated heterocycles. The van der Waals surface area contributed by atoms with E-state index in [2.05, 4.69) is 5.32 Å². The molecule has 0 atom stereocenters. The zero-order chi connectivity index (χ0) is 16.3. The van der Waals surface area contributed by atoms with E-state index in [-0.39, 0.29) is 12.3 Å². The summed E-state index contributed by atoms with van der Waals surface area (Å²) >= 11 is 0. The fourth-order valence-electron chi connectivity index (χ4n) is 2.19. The lowest BCUT2D eigenvalue weighted by molar-refractivity contribution is -0.137. The largest absolute Gasteiger partial charge is 0.416 e.